The number of nitrogens with zero attached hydrogens (tertiary/aromatic N) is 2. The summed E-state index contributed by atoms with van der Waals surface area (Å²) in [5, 5.41) is 25.0. The van der Waals surface area contributed by atoms with E-state index in [4.69, 9.17) is 10.3 Å². The molecule has 1 heterocycles. The highest BCUT2D eigenvalue weighted by molar-refractivity contribution is 7.14. The van der Waals surface area contributed by atoms with Crippen molar-refractivity contribution < 1.29 is 19.5 Å². The highest BCUT2D eigenvalue weighted by atomic mass is 32.1. The third-order valence-corrected chi connectivity index (χ3v) is 3.20. The van der Waals surface area contributed by atoms with Crippen molar-refractivity contribution in [2.75, 3.05) is 5.32 Å². The number of amides is 1. The van der Waals surface area contributed by atoms with E-state index in [2.05, 4.69) is 15.5 Å². The number of thiazole rings is 1. The number of hydrogen-bond acceptors (Lipinski definition) is 6. The Morgan fingerprint density at radius 2 is 2.25 bits per heavy atom. The van der Waals surface area contributed by atoms with Crippen LogP contribution in [0.5, 0.6) is 5.75 Å². The Morgan fingerprint density at radius 1 is 1.50 bits per heavy atom. The third kappa shape index (κ3) is 2.91. The fourth-order valence-electron chi connectivity index (χ4n) is 1.40. The second-order valence-electron chi connectivity index (χ2n) is 3.84. The molecule has 0 atom stereocenters. The topological polar surface area (TPSA) is 94.8 Å². The van der Waals surface area contributed by atoms with Gasteiger partial charge < -0.3 is 10.3 Å². The Kier molecular flexibility index (Phi) is 3.94. The molecule has 1 aromatic heterocycles. The van der Waals surface area contributed by atoms with Crippen LogP contribution in [0.3, 0.4) is 0 Å². The van der Waals surface area contributed by atoms with Crippen LogP contribution in [-0.4, -0.2) is 26.9 Å². The summed E-state index contributed by atoms with van der Waals surface area (Å²) in [6.45, 7) is 1.56. The Labute approximate surface area is 117 Å². The highest BCUT2D eigenvalue weighted by Gasteiger charge is 2.14. The van der Waals surface area contributed by atoms with E-state index in [0.717, 1.165) is 17.4 Å². The molecule has 0 aliphatic rings. The van der Waals surface area contributed by atoms with Gasteiger partial charge in [0.2, 0.25) is 0 Å². The van der Waals surface area contributed by atoms with Crippen LogP contribution in [-0.2, 0) is 0 Å². The molecule has 0 saturated carbocycles. The van der Waals surface area contributed by atoms with Gasteiger partial charge in [-0.05, 0) is 19.1 Å². The van der Waals surface area contributed by atoms with Gasteiger partial charge in [0.25, 0.3) is 5.91 Å². The molecule has 0 unspecified atom stereocenters. The van der Waals surface area contributed by atoms with Crippen LogP contribution in [0, 0.1) is 5.82 Å². The molecule has 104 valence electrons. The van der Waals surface area contributed by atoms with Crippen molar-refractivity contribution in [3.05, 3.63) is 40.7 Å². The number of phenolic OH excluding ortho intramolecular Hbond substituents is 1. The zero-order valence-corrected chi connectivity index (χ0v) is 11.1. The first kappa shape index (κ1) is 13.9. The molecule has 0 aliphatic heterocycles. The normalized spacial score (nSPS) is 11.4. The number of benzene rings is 1. The lowest BCUT2D eigenvalue weighted by atomic mass is 10.2. The second-order valence-corrected chi connectivity index (χ2v) is 4.70. The van der Waals surface area contributed by atoms with Gasteiger partial charge in [0, 0.05) is 11.4 Å². The van der Waals surface area contributed by atoms with Crippen LogP contribution in [0.1, 0.15) is 23.0 Å². The molecule has 0 bridgehead atoms. The van der Waals surface area contributed by atoms with Crippen molar-refractivity contribution in [1.29, 1.82) is 0 Å². The number of hydrogen-bond donors (Lipinski definition) is 3. The molecule has 0 aliphatic carbocycles. The summed E-state index contributed by atoms with van der Waals surface area (Å²) in [5.74, 6) is -1.76. The van der Waals surface area contributed by atoms with Crippen LogP contribution in [0.25, 0.3) is 0 Å². The molecular formula is C12H10FN3O3S. The highest BCUT2D eigenvalue weighted by Crippen LogP contribution is 2.19. The Bertz CT molecular complexity index is 684. The van der Waals surface area contributed by atoms with Gasteiger partial charge in [0.15, 0.2) is 5.13 Å². The first-order chi connectivity index (χ1) is 9.51. The maximum Gasteiger partial charge on any atom is 0.260 e. The summed E-state index contributed by atoms with van der Waals surface area (Å²) >= 11 is 1.12. The van der Waals surface area contributed by atoms with Crippen molar-refractivity contribution in [2.45, 2.75) is 6.92 Å². The molecule has 2 rings (SSSR count). The van der Waals surface area contributed by atoms with E-state index in [0.29, 0.717) is 11.4 Å². The number of anilines is 1. The van der Waals surface area contributed by atoms with Crippen molar-refractivity contribution in [3.63, 3.8) is 0 Å². The van der Waals surface area contributed by atoms with Gasteiger partial charge in [0.1, 0.15) is 23.0 Å². The minimum atomic E-state index is -0.826. The van der Waals surface area contributed by atoms with Gasteiger partial charge in [-0.1, -0.05) is 5.16 Å². The maximum atomic E-state index is 13.5. The molecule has 0 spiro atoms. The summed E-state index contributed by atoms with van der Waals surface area (Å²) in [6.07, 6.45) is 0. The van der Waals surface area contributed by atoms with E-state index in [9.17, 15) is 9.18 Å². The summed E-state index contributed by atoms with van der Waals surface area (Å²) in [6, 6.07) is 3.24. The zero-order valence-electron chi connectivity index (χ0n) is 10.3. The lowest BCUT2D eigenvalue weighted by Gasteiger charge is -2.03. The summed E-state index contributed by atoms with van der Waals surface area (Å²) in [4.78, 5) is 15.9. The van der Waals surface area contributed by atoms with Gasteiger partial charge in [-0.25, -0.2) is 9.37 Å². The Balaban J connectivity index is 2.17. The molecule has 8 heteroatoms. The van der Waals surface area contributed by atoms with E-state index in [1.54, 1.807) is 12.3 Å². The number of phenols is 1. The van der Waals surface area contributed by atoms with Gasteiger partial charge in [0.05, 0.1) is 5.56 Å². The number of rotatable bonds is 3. The van der Waals surface area contributed by atoms with Gasteiger partial charge >= 0.3 is 0 Å². The van der Waals surface area contributed by atoms with Crippen molar-refractivity contribution in [3.8, 4) is 5.75 Å². The number of carbonyl (C=O) groups excluding carboxylic acids is 1. The number of nitrogens with one attached hydrogen (secondary N) is 1. The predicted molar refractivity (Wildman–Crippen MR) is 72.1 cm³/mol. The Hall–Kier alpha value is -2.48. The van der Waals surface area contributed by atoms with Gasteiger partial charge in [-0.15, -0.1) is 11.3 Å². The predicted octanol–water partition coefficient (Wildman–Crippen LogP) is 2.44. The first-order valence-electron chi connectivity index (χ1n) is 5.45. The first-order valence-corrected chi connectivity index (χ1v) is 6.33. The fourth-order valence-corrected chi connectivity index (χ4v) is 2.15. The SMILES string of the molecule is C/C(=N/O)c1csc(NC(=O)c2ccc(O)cc2F)n1. The minimum absolute atomic E-state index is 0.202. The van der Waals surface area contributed by atoms with Crippen LogP contribution in [0.15, 0.2) is 28.7 Å². The summed E-state index contributed by atoms with van der Waals surface area (Å²) in [7, 11) is 0. The third-order valence-electron chi connectivity index (χ3n) is 2.44. The Morgan fingerprint density at radius 3 is 2.90 bits per heavy atom. The molecule has 6 nitrogen and oxygen atoms in total. The van der Waals surface area contributed by atoms with Gasteiger partial charge in [-0.2, -0.15) is 0 Å². The van der Waals surface area contributed by atoms with Crippen molar-refractivity contribution >= 4 is 28.1 Å². The molecule has 0 saturated heterocycles. The molecule has 3 N–H and O–H groups in total. The maximum absolute atomic E-state index is 13.5. The van der Waals surface area contributed by atoms with E-state index >= 15 is 0 Å². The van der Waals surface area contributed by atoms with Crippen LogP contribution >= 0.6 is 11.3 Å². The van der Waals surface area contributed by atoms with Crippen LogP contribution in [0.2, 0.25) is 0 Å². The van der Waals surface area contributed by atoms with Crippen molar-refractivity contribution in [1.82, 2.24) is 4.98 Å². The van der Waals surface area contributed by atoms with Crippen molar-refractivity contribution in [2.24, 2.45) is 5.16 Å². The van der Waals surface area contributed by atoms with E-state index < -0.39 is 11.7 Å². The lowest BCUT2D eigenvalue weighted by Crippen LogP contribution is -2.13. The largest absolute Gasteiger partial charge is 0.508 e. The summed E-state index contributed by atoms with van der Waals surface area (Å²) < 4.78 is 13.5. The number of aromatic hydroxyl groups is 1. The van der Waals surface area contributed by atoms with E-state index in [1.165, 1.54) is 12.1 Å². The van der Waals surface area contributed by atoms with Crippen LogP contribution < -0.4 is 5.32 Å². The van der Waals surface area contributed by atoms with Gasteiger partial charge in [-0.3, -0.25) is 10.1 Å². The lowest BCUT2D eigenvalue weighted by molar-refractivity contribution is 0.102. The van der Waals surface area contributed by atoms with E-state index in [-0.39, 0.29) is 16.4 Å². The molecule has 0 fully saturated rings. The number of carbonyl (C=O) groups is 1. The number of aromatic nitrogens is 1. The fraction of sp³-hybridized carbons (Fsp3) is 0.0833. The molecule has 2 aromatic rings. The molecule has 1 amide bonds. The minimum Gasteiger partial charge on any atom is -0.508 e. The molecule has 0 radical (unpaired) electrons. The molecule has 1 aromatic carbocycles. The zero-order chi connectivity index (χ0) is 14.7. The number of halogens is 1. The monoisotopic (exact) mass is 295 g/mol. The second kappa shape index (κ2) is 5.66. The average Bonchev–Trinajstić information content (AvgIpc) is 2.86. The van der Waals surface area contributed by atoms with E-state index in [1.807, 2.05) is 0 Å². The average molecular weight is 295 g/mol. The standard InChI is InChI=1S/C12H10FN3O3S/c1-6(16-19)10-5-20-12(14-10)15-11(18)8-3-2-7(17)4-9(8)13/h2-5,17,19H,1H3,(H,14,15,18)/b16-6-. The molecule has 20 heavy (non-hydrogen) atoms. The smallest absolute Gasteiger partial charge is 0.260 e. The number of oxime groups is 1. The molecular weight excluding hydrogens is 285 g/mol. The quantitative estimate of drug-likeness (QED) is 0.460. The van der Waals surface area contributed by atoms with Crippen LogP contribution in [0.4, 0.5) is 9.52 Å². The summed E-state index contributed by atoms with van der Waals surface area (Å²) in [5.41, 5.74) is 0.517.